The summed E-state index contributed by atoms with van der Waals surface area (Å²) in [7, 11) is 0. The lowest BCUT2D eigenvalue weighted by molar-refractivity contribution is 0.604. The molecule has 0 aliphatic carbocycles. The fourth-order valence-electron chi connectivity index (χ4n) is 2.91. The second-order valence-electron chi connectivity index (χ2n) is 5.34. The Kier molecular flexibility index (Phi) is 2.73. The van der Waals surface area contributed by atoms with Crippen LogP contribution in [0.15, 0.2) is 52.9 Å². The lowest BCUT2D eigenvalue weighted by atomic mass is 10.1. The number of fused-ring (bicyclic) bond motifs is 3. The molecular formula is C18H13N3O. The van der Waals surface area contributed by atoms with Crippen LogP contribution in [-0.4, -0.2) is 5.84 Å². The van der Waals surface area contributed by atoms with Crippen molar-refractivity contribution in [2.75, 3.05) is 4.90 Å². The van der Waals surface area contributed by atoms with Crippen LogP contribution < -0.4 is 4.90 Å². The maximum absolute atomic E-state index is 8.73. The number of nitriles is 1. The Balaban J connectivity index is 1.71. The topological polar surface area (TPSA) is 64.0 Å². The molecule has 0 fully saturated rings. The van der Waals surface area contributed by atoms with E-state index in [1.807, 2.05) is 53.4 Å². The van der Waals surface area contributed by atoms with Crippen molar-refractivity contribution in [1.29, 1.82) is 10.7 Å². The maximum Gasteiger partial charge on any atom is 0.175 e. The number of anilines is 1. The Morgan fingerprint density at radius 1 is 1.14 bits per heavy atom. The second kappa shape index (κ2) is 4.74. The van der Waals surface area contributed by atoms with Gasteiger partial charge in [0.25, 0.3) is 0 Å². The molecule has 1 N–H and O–H groups in total. The third-order valence-electron chi connectivity index (χ3n) is 4.03. The van der Waals surface area contributed by atoms with Gasteiger partial charge < -0.3 is 9.32 Å². The molecule has 22 heavy (non-hydrogen) atoms. The molecule has 1 aliphatic heterocycles. The van der Waals surface area contributed by atoms with Crippen molar-refractivity contribution in [3.63, 3.8) is 0 Å². The van der Waals surface area contributed by atoms with Crippen molar-refractivity contribution in [3.8, 4) is 6.07 Å². The predicted molar refractivity (Wildman–Crippen MR) is 85.0 cm³/mol. The van der Waals surface area contributed by atoms with Gasteiger partial charge in [0.15, 0.2) is 11.6 Å². The van der Waals surface area contributed by atoms with E-state index < -0.39 is 0 Å². The highest BCUT2D eigenvalue weighted by Crippen LogP contribution is 2.35. The molecular weight excluding hydrogens is 274 g/mol. The summed E-state index contributed by atoms with van der Waals surface area (Å²) in [6, 6.07) is 17.8. The van der Waals surface area contributed by atoms with E-state index in [1.165, 1.54) is 0 Å². The Bertz CT molecular complexity index is 916. The molecule has 3 aromatic rings. The molecule has 1 aromatic heterocycles. The average molecular weight is 287 g/mol. The molecule has 0 saturated carbocycles. The van der Waals surface area contributed by atoms with Crippen LogP contribution in [0.3, 0.4) is 0 Å². The highest BCUT2D eigenvalue weighted by atomic mass is 16.3. The van der Waals surface area contributed by atoms with Gasteiger partial charge in [-0.05, 0) is 23.8 Å². The number of para-hydroxylation sites is 1. The molecule has 0 unspecified atom stereocenters. The van der Waals surface area contributed by atoms with Crippen LogP contribution in [0.25, 0.3) is 11.0 Å². The number of hydrogen-bond acceptors (Lipinski definition) is 3. The van der Waals surface area contributed by atoms with E-state index in [4.69, 9.17) is 15.1 Å². The zero-order chi connectivity index (χ0) is 15.1. The van der Waals surface area contributed by atoms with Crippen LogP contribution in [-0.2, 0) is 13.0 Å². The van der Waals surface area contributed by atoms with Gasteiger partial charge in [-0.25, -0.2) is 0 Å². The van der Waals surface area contributed by atoms with Gasteiger partial charge in [-0.15, -0.1) is 0 Å². The van der Waals surface area contributed by atoms with E-state index >= 15 is 0 Å². The first-order valence-corrected chi connectivity index (χ1v) is 7.10. The number of nitrogens with one attached hydrogen (secondary N) is 1. The van der Waals surface area contributed by atoms with Gasteiger partial charge in [-0.1, -0.05) is 30.3 Å². The summed E-state index contributed by atoms with van der Waals surface area (Å²) in [4.78, 5) is 1.93. The van der Waals surface area contributed by atoms with Crippen molar-refractivity contribution in [2.45, 2.75) is 13.0 Å². The first-order valence-electron chi connectivity index (χ1n) is 7.10. The summed E-state index contributed by atoms with van der Waals surface area (Å²) in [5, 5.41) is 18.2. The lowest BCUT2D eigenvalue weighted by Crippen LogP contribution is -2.23. The summed E-state index contributed by atoms with van der Waals surface area (Å²) in [5.74, 6) is 1.04. The molecule has 0 amide bonds. The van der Waals surface area contributed by atoms with Gasteiger partial charge in [0.2, 0.25) is 0 Å². The highest BCUT2D eigenvalue weighted by Gasteiger charge is 2.31. The largest absolute Gasteiger partial charge is 0.452 e. The van der Waals surface area contributed by atoms with Crippen LogP contribution in [0.4, 0.5) is 5.69 Å². The van der Waals surface area contributed by atoms with E-state index in [1.54, 1.807) is 0 Å². The fourth-order valence-corrected chi connectivity index (χ4v) is 2.91. The minimum Gasteiger partial charge on any atom is -0.452 e. The van der Waals surface area contributed by atoms with E-state index in [-0.39, 0.29) is 0 Å². The van der Waals surface area contributed by atoms with Gasteiger partial charge in [0.1, 0.15) is 5.58 Å². The molecule has 2 heterocycles. The molecule has 4 heteroatoms. The van der Waals surface area contributed by atoms with E-state index in [2.05, 4.69) is 6.07 Å². The second-order valence-corrected chi connectivity index (χ2v) is 5.34. The molecule has 4 rings (SSSR count). The van der Waals surface area contributed by atoms with Crippen molar-refractivity contribution in [1.82, 2.24) is 0 Å². The normalized spacial score (nSPS) is 13.4. The highest BCUT2D eigenvalue weighted by molar-refractivity contribution is 6.13. The maximum atomic E-state index is 8.73. The van der Waals surface area contributed by atoms with Crippen LogP contribution in [0.1, 0.15) is 16.9 Å². The molecule has 0 atom stereocenters. The molecule has 2 aromatic carbocycles. The standard InChI is InChI=1S/C18H13N3O/c19-10-9-12-5-7-13(8-6-12)21-11-15-14-3-1-2-4-16(14)22-17(15)18(21)20/h1-8,20H,9,11H2. The smallest absolute Gasteiger partial charge is 0.175 e. The minimum atomic E-state index is 0.388. The SMILES string of the molecule is N#CCc1ccc(N2Cc3c(oc4ccccc34)C2=N)cc1. The summed E-state index contributed by atoms with van der Waals surface area (Å²) in [6.45, 7) is 0.642. The molecule has 0 bridgehead atoms. The zero-order valence-corrected chi connectivity index (χ0v) is 11.8. The molecule has 1 aliphatic rings. The molecule has 4 nitrogen and oxygen atoms in total. The summed E-state index contributed by atoms with van der Waals surface area (Å²) in [5.41, 5.74) is 3.84. The van der Waals surface area contributed by atoms with Crippen LogP contribution in [0.5, 0.6) is 0 Å². The fraction of sp³-hybridized carbons (Fsp3) is 0.111. The van der Waals surface area contributed by atoms with Gasteiger partial charge in [-0.3, -0.25) is 5.41 Å². The van der Waals surface area contributed by atoms with Crippen molar-refractivity contribution < 1.29 is 4.42 Å². The average Bonchev–Trinajstić information content (AvgIpc) is 3.06. The third-order valence-corrected chi connectivity index (χ3v) is 4.03. The van der Waals surface area contributed by atoms with Crippen molar-refractivity contribution in [3.05, 3.63) is 65.4 Å². The molecule has 0 spiro atoms. The van der Waals surface area contributed by atoms with Crippen LogP contribution in [0.2, 0.25) is 0 Å². The Hall–Kier alpha value is -3.06. The Morgan fingerprint density at radius 2 is 1.91 bits per heavy atom. The number of furan rings is 1. The van der Waals surface area contributed by atoms with Crippen molar-refractivity contribution in [2.24, 2.45) is 0 Å². The first kappa shape index (κ1) is 12.7. The number of rotatable bonds is 2. The van der Waals surface area contributed by atoms with Gasteiger partial charge in [-0.2, -0.15) is 5.26 Å². The predicted octanol–water partition coefficient (Wildman–Crippen LogP) is 3.84. The number of hydrogen-bond donors (Lipinski definition) is 1. The Labute approximate surface area is 127 Å². The Morgan fingerprint density at radius 3 is 2.68 bits per heavy atom. The van der Waals surface area contributed by atoms with E-state index in [0.717, 1.165) is 27.8 Å². The molecule has 106 valence electrons. The number of nitrogens with zero attached hydrogens (tertiary/aromatic N) is 2. The van der Waals surface area contributed by atoms with Crippen molar-refractivity contribution >= 4 is 22.5 Å². The minimum absolute atomic E-state index is 0.388. The zero-order valence-electron chi connectivity index (χ0n) is 11.8. The third kappa shape index (κ3) is 1.80. The summed E-state index contributed by atoms with van der Waals surface area (Å²) >= 11 is 0. The number of benzene rings is 2. The van der Waals surface area contributed by atoms with E-state index in [0.29, 0.717) is 24.6 Å². The van der Waals surface area contributed by atoms with E-state index in [9.17, 15) is 0 Å². The summed E-state index contributed by atoms with van der Waals surface area (Å²) in [6.07, 6.45) is 0.406. The quantitative estimate of drug-likeness (QED) is 0.778. The van der Waals surface area contributed by atoms with Crippen LogP contribution in [0, 0.1) is 16.7 Å². The molecule has 0 radical (unpaired) electrons. The van der Waals surface area contributed by atoms with Gasteiger partial charge in [0.05, 0.1) is 19.0 Å². The molecule has 0 saturated heterocycles. The number of amidine groups is 1. The monoisotopic (exact) mass is 287 g/mol. The van der Waals surface area contributed by atoms with Gasteiger partial charge >= 0.3 is 0 Å². The summed E-state index contributed by atoms with van der Waals surface area (Å²) < 4.78 is 5.83. The first-order chi connectivity index (χ1) is 10.8. The van der Waals surface area contributed by atoms with Gasteiger partial charge in [0, 0.05) is 16.6 Å². The van der Waals surface area contributed by atoms with Crippen LogP contribution >= 0.6 is 0 Å². The lowest BCUT2D eigenvalue weighted by Gasteiger charge is -2.18.